The summed E-state index contributed by atoms with van der Waals surface area (Å²) >= 11 is 0. The number of benzene rings is 2. The van der Waals surface area contributed by atoms with E-state index in [4.69, 9.17) is 4.74 Å². The normalized spacial score (nSPS) is 13.6. The van der Waals surface area contributed by atoms with Gasteiger partial charge in [-0.3, -0.25) is 19.3 Å². The maximum Gasteiger partial charge on any atom is 0.338 e. The number of carbonyl (C=O) groups excluding carboxylic acids is 4. The summed E-state index contributed by atoms with van der Waals surface area (Å²) < 4.78 is 31.9. The second kappa shape index (κ2) is 8.24. The van der Waals surface area contributed by atoms with Gasteiger partial charge in [0, 0.05) is 12.6 Å². The molecular formula is C21H16F2N2O5. The molecule has 0 unspecified atom stereocenters. The number of ether oxygens (including phenoxy) is 1. The summed E-state index contributed by atoms with van der Waals surface area (Å²) in [6.45, 7) is 4.76. The van der Waals surface area contributed by atoms with Gasteiger partial charge in [0.25, 0.3) is 17.7 Å². The SMILES string of the molecule is C=CCN1C(=O)c2ccc(C(=O)O[C@@H](C)C(=O)Nc3cc(F)ccc3F)cc2C1=O. The fourth-order valence-electron chi connectivity index (χ4n) is 2.82. The number of carbonyl (C=O) groups is 4. The average molecular weight is 414 g/mol. The van der Waals surface area contributed by atoms with Crippen LogP contribution in [0.1, 0.15) is 38.0 Å². The maximum atomic E-state index is 13.6. The van der Waals surface area contributed by atoms with Crippen LogP contribution in [0, 0.1) is 11.6 Å². The van der Waals surface area contributed by atoms with E-state index in [-0.39, 0.29) is 23.2 Å². The Balaban J connectivity index is 1.71. The fourth-order valence-corrected chi connectivity index (χ4v) is 2.82. The molecule has 3 amide bonds. The predicted octanol–water partition coefficient (Wildman–Crippen LogP) is 2.93. The molecule has 9 heteroatoms. The van der Waals surface area contributed by atoms with Crippen molar-refractivity contribution in [3.63, 3.8) is 0 Å². The molecule has 0 saturated heterocycles. The van der Waals surface area contributed by atoms with E-state index >= 15 is 0 Å². The maximum absolute atomic E-state index is 13.6. The predicted molar refractivity (Wildman–Crippen MR) is 102 cm³/mol. The van der Waals surface area contributed by atoms with Crippen LogP contribution in [0.3, 0.4) is 0 Å². The Morgan fingerprint density at radius 2 is 1.83 bits per heavy atom. The van der Waals surface area contributed by atoms with Crippen LogP contribution < -0.4 is 5.32 Å². The molecule has 1 N–H and O–H groups in total. The van der Waals surface area contributed by atoms with Gasteiger partial charge in [0.15, 0.2) is 6.10 Å². The molecule has 1 aliphatic heterocycles. The molecule has 0 radical (unpaired) electrons. The smallest absolute Gasteiger partial charge is 0.338 e. The van der Waals surface area contributed by atoms with E-state index < -0.39 is 47.1 Å². The van der Waals surface area contributed by atoms with Crippen LogP contribution in [0.25, 0.3) is 0 Å². The Kier molecular flexibility index (Phi) is 5.72. The summed E-state index contributed by atoms with van der Waals surface area (Å²) in [5.41, 5.74) is -0.264. The number of rotatable bonds is 6. The molecule has 7 nitrogen and oxygen atoms in total. The first-order valence-electron chi connectivity index (χ1n) is 8.81. The van der Waals surface area contributed by atoms with Gasteiger partial charge in [0.2, 0.25) is 0 Å². The van der Waals surface area contributed by atoms with E-state index in [0.717, 1.165) is 23.1 Å². The molecule has 30 heavy (non-hydrogen) atoms. The lowest BCUT2D eigenvalue weighted by Gasteiger charge is -2.14. The lowest BCUT2D eigenvalue weighted by atomic mass is 10.1. The number of fused-ring (bicyclic) bond motifs is 1. The Morgan fingerprint density at radius 1 is 1.13 bits per heavy atom. The molecule has 2 aromatic carbocycles. The molecule has 1 atom stereocenters. The zero-order chi connectivity index (χ0) is 22.0. The van der Waals surface area contributed by atoms with Gasteiger partial charge in [0.1, 0.15) is 11.6 Å². The summed E-state index contributed by atoms with van der Waals surface area (Å²) in [6.07, 6.45) is 0.0569. The van der Waals surface area contributed by atoms with Gasteiger partial charge in [-0.25, -0.2) is 13.6 Å². The van der Waals surface area contributed by atoms with Crippen LogP contribution in [0.15, 0.2) is 49.1 Å². The lowest BCUT2D eigenvalue weighted by Crippen LogP contribution is -2.30. The monoisotopic (exact) mass is 414 g/mol. The molecule has 0 aromatic heterocycles. The average Bonchev–Trinajstić information content (AvgIpc) is 2.95. The molecular weight excluding hydrogens is 398 g/mol. The zero-order valence-electron chi connectivity index (χ0n) is 15.8. The Morgan fingerprint density at radius 3 is 2.53 bits per heavy atom. The summed E-state index contributed by atoms with van der Waals surface area (Å²) in [5.74, 6) is -4.48. The molecule has 2 aromatic rings. The van der Waals surface area contributed by atoms with Crippen molar-refractivity contribution in [2.24, 2.45) is 0 Å². The van der Waals surface area contributed by atoms with Crippen LogP contribution in [0.2, 0.25) is 0 Å². The van der Waals surface area contributed by atoms with Crippen LogP contribution >= 0.6 is 0 Å². The van der Waals surface area contributed by atoms with Gasteiger partial charge >= 0.3 is 5.97 Å². The number of esters is 1. The highest BCUT2D eigenvalue weighted by Crippen LogP contribution is 2.24. The van der Waals surface area contributed by atoms with Crippen LogP contribution in [0.5, 0.6) is 0 Å². The largest absolute Gasteiger partial charge is 0.449 e. The van der Waals surface area contributed by atoms with E-state index in [2.05, 4.69) is 11.9 Å². The highest BCUT2D eigenvalue weighted by atomic mass is 19.1. The molecule has 3 rings (SSSR count). The standard InChI is InChI=1S/C21H16F2N2O5/c1-3-8-25-19(27)14-6-4-12(9-15(14)20(25)28)21(29)30-11(2)18(26)24-17-10-13(22)5-7-16(17)23/h3-7,9-11H,1,8H2,2H3,(H,24,26)/t11-/m0/s1. The van der Waals surface area contributed by atoms with Gasteiger partial charge in [-0.2, -0.15) is 0 Å². The van der Waals surface area contributed by atoms with Crippen molar-refractivity contribution in [3.05, 3.63) is 77.4 Å². The summed E-state index contributed by atoms with van der Waals surface area (Å²) in [7, 11) is 0. The highest BCUT2D eigenvalue weighted by molar-refractivity contribution is 6.22. The van der Waals surface area contributed by atoms with Gasteiger partial charge < -0.3 is 10.1 Å². The van der Waals surface area contributed by atoms with E-state index in [1.807, 2.05) is 0 Å². The first-order valence-corrected chi connectivity index (χ1v) is 8.81. The quantitative estimate of drug-likeness (QED) is 0.446. The molecule has 1 aliphatic rings. The minimum absolute atomic E-state index is 0.0277. The number of nitrogens with one attached hydrogen (secondary N) is 1. The molecule has 0 spiro atoms. The second-order valence-electron chi connectivity index (χ2n) is 6.43. The third-order valence-corrected chi connectivity index (χ3v) is 4.36. The number of nitrogens with zero attached hydrogens (tertiary/aromatic N) is 1. The van der Waals surface area contributed by atoms with Crippen molar-refractivity contribution in [1.82, 2.24) is 4.90 Å². The van der Waals surface area contributed by atoms with Crippen molar-refractivity contribution in [2.75, 3.05) is 11.9 Å². The third-order valence-electron chi connectivity index (χ3n) is 4.36. The van der Waals surface area contributed by atoms with Crippen LogP contribution in [0.4, 0.5) is 14.5 Å². The number of hydrogen-bond acceptors (Lipinski definition) is 5. The topological polar surface area (TPSA) is 92.8 Å². The lowest BCUT2D eigenvalue weighted by molar-refractivity contribution is -0.123. The van der Waals surface area contributed by atoms with E-state index in [9.17, 15) is 28.0 Å². The summed E-state index contributed by atoms with van der Waals surface area (Å²) in [4.78, 5) is 50.0. The number of hydrogen-bond donors (Lipinski definition) is 1. The van der Waals surface area contributed by atoms with Crippen molar-refractivity contribution in [2.45, 2.75) is 13.0 Å². The number of halogens is 2. The van der Waals surface area contributed by atoms with Crippen molar-refractivity contribution in [1.29, 1.82) is 0 Å². The fraction of sp³-hybridized carbons (Fsp3) is 0.143. The Labute approximate surface area is 169 Å². The van der Waals surface area contributed by atoms with E-state index in [0.29, 0.717) is 0 Å². The first kappa shape index (κ1) is 20.8. The van der Waals surface area contributed by atoms with Crippen molar-refractivity contribution in [3.8, 4) is 0 Å². The van der Waals surface area contributed by atoms with Gasteiger partial charge in [-0.1, -0.05) is 6.08 Å². The van der Waals surface area contributed by atoms with Crippen molar-refractivity contribution >= 4 is 29.4 Å². The molecule has 0 aliphatic carbocycles. The first-order chi connectivity index (χ1) is 14.2. The van der Waals surface area contributed by atoms with Gasteiger partial charge in [-0.05, 0) is 37.3 Å². The molecule has 0 fully saturated rings. The van der Waals surface area contributed by atoms with Gasteiger partial charge in [0.05, 0.1) is 22.4 Å². The Bertz CT molecular complexity index is 1080. The summed E-state index contributed by atoms with van der Waals surface area (Å²) in [5, 5.41) is 2.14. The molecule has 0 saturated carbocycles. The van der Waals surface area contributed by atoms with E-state index in [1.54, 1.807) is 0 Å². The highest BCUT2D eigenvalue weighted by Gasteiger charge is 2.35. The Hall–Kier alpha value is -3.88. The van der Waals surface area contributed by atoms with E-state index in [1.165, 1.54) is 31.2 Å². The van der Waals surface area contributed by atoms with Crippen LogP contribution in [-0.2, 0) is 9.53 Å². The zero-order valence-corrected chi connectivity index (χ0v) is 15.8. The van der Waals surface area contributed by atoms with Crippen molar-refractivity contribution < 1.29 is 32.7 Å². The number of imide groups is 1. The molecule has 0 bridgehead atoms. The molecule has 1 heterocycles. The van der Waals surface area contributed by atoms with Gasteiger partial charge in [-0.15, -0.1) is 6.58 Å². The molecule has 154 valence electrons. The number of amides is 3. The second-order valence-corrected chi connectivity index (χ2v) is 6.43. The van der Waals surface area contributed by atoms with Crippen LogP contribution in [-0.4, -0.2) is 41.2 Å². The summed E-state index contributed by atoms with van der Waals surface area (Å²) in [6, 6.07) is 6.35. The minimum atomic E-state index is -1.34. The third kappa shape index (κ3) is 3.95. The number of anilines is 1. The minimum Gasteiger partial charge on any atom is -0.449 e.